The van der Waals surface area contributed by atoms with E-state index in [0.717, 1.165) is 38.1 Å². The molecule has 0 amide bonds. The van der Waals surface area contributed by atoms with Crippen LogP contribution in [0.5, 0.6) is 17.2 Å². The van der Waals surface area contributed by atoms with Gasteiger partial charge in [-0.2, -0.15) is 8.42 Å². The minimum absolute atomic E-state index is 0.0544. The van der Waals surface area contributed by atoms with E-state index in [1.54, 1.807) is 42.5 Å². The highest BCUT2D eigenvalue weighted by Gasteiger charge is 2.20. The number of benzene rings is 2. The summed E-state index contributed by atoms with van der Waals surface area (Å²) in [4.78, 5) is 8.99. The first-order valence-corrected chi connectivity index (χ1v) is 12.0. The van der Waals surface area contributed by atoms with Crippen LogP contribution in [0.15, 0.2) is 60.7 Å². The highest BCUT2D eigenvalue weighted by atomic mass is 32.2. The number of anilines is 1. The van der Waals surface area contributed by atoms with Gasteiger partial charge in [-0.15, -0.1) is 0 Å². The van der Waals surface area contributed by atoms with Gasteiger partial charge in [-0.1, -0.05) is 24.3 Å². The summed E-state index contributed by atoms with van der Waals surface area (Å²) in [6.07, 6.45) is 0.991. The number of pyridine rings is 1. The topological polar surface area (TPSA) is 103 Å². The van der Waals surface area contributed by atoms with Crippen LogP contribution in [-0.4, -0.2) is 60.9 Å². The Morgan fingerprint density at radius 1 is 0.938 bits per heavy atom. The van der Waals surface area contributed by atoms with Crippen molar-refractivity contribution in [1.82, 2.24) is 9.88 Å². The highest BCUT2D eigenvalue weighted by molar-refractivity contribution is 7.86. The Morgan fingerprint density at radius 3 is 2.25 bits per heavy atom. The summed E-state index contributed by atoms with van der Waals surface area (Å²) in [7, 11) is -3.71. The van der Waals surface area contributed by atoms with Crippen LogP contribution in [0.4, 0.5) is 5.69 Å². The average molecular weight is 456 g/mol. The summed E-state index contributed by atoms with van der Waals surface area (Å²) in [5, 5.41) is 20.3. The van der Waals surface area contributed by atoms with Crippen molar-refractivity contribution in [3.05, 3.63) is 66.4 Å². The van der Waals surface area contributed by atoms with E-state index in [4.69, 9.17) is 4.18 Å². The molecule has 0 atom stereocenters. The number of aromatic nitrogens is 1. The van der Waals surface area contributed by atoms with Crippen molar-refractivity contribution in [2.75, 3.05) is 37.3 Å². The molecule has 4 rings (SSSR count). The molecule has 2 heterocycles. The van der Waals surface area contributed by atoms with Crippen molar-refractivity contribution in [3.8, 4) is 28.5 Å². The SMILES string of the molecule is CS(=O)(=O)Oc1cc(CN2CCN(c3ccccc3O)CC2)nc(-c2ccccc2O)c1. The second-order valence-electron chi connectivity index (χ2n) is 7.74. The third-order valence-corrected chi connectivity index (χ3v) is 5.76. The zero-order valence-corrected chi connectivity index (χ0v) is 18.5. The summed E-state index contributed by atoms with van der Waals surface area (Å²) in [5.41, 5.74) is 2.39. The van der Waals surface area contributed by atoms with Gasteiger partial charge >= 0.3 is 10.1 Å². The number of para-hydroxylation sites is 3. The number of phenolic OH excluding ortho intramolecular Hbond substituents is 2. The first kappa shape index (κ1) is 21.9. The molecule has 32 heavy (non-hydrogen) atoms. The molecule has 2 aromatic carbocycles. The monoisotopic (exact) mass is 455 g/mol. The number of rotatable bonds is 6. The fourth-order valence-corrected chi connectivity index (χ4v) is 4.25. The smallest absolute Gasteiger partial charge is 0.306 e. The maximum atomic E-state index is 11.7. The molecular weight excluding hydrogens is 430 g/mol. The van der Waals surface area contributed by atoms with Crippen molar-refractivity contribution in [3.63, 3.8) is 0 Å². The van der Waals surface area contributed by atoms with Crippen LogP contribution >= 0.6 is 0 Å². The molecule has 8 nitrogen and oxygen atoms in total. The molecule has 1 aliphatic rings. The van der Waals surface area contributed by atoms with E-state index in [1.807, 2.05) is 12.1 Å². The van der Waals surface area contributed by atoms with E-state index in [-0.39, 0.29) is 17.2 Å². The molecule has 0 spiro atoms. The molecule has 1 saturated heterocycles. The maximum Gasteiger partial charge on any atom is 0.306 e. The van der Waals surface area contributed by atoms with Crippen LogP contribution in [0.25, 0.3) is 11.3 Å². The van der Waals surface area contributed by atoms with Crippen LogP contribution in [-0.2, 0) is 16.7 Å². The molecule has 0 aliphatic carbocycles. The summed E-state index contributed by atoms with van der Waals surface area (Å²) < 4.78 is 28.5. The van der Waals surface area contributed by atoms with Gasteiger partial charge < -0.3 is 19.3 Å². The van der Waals surface area contributed by atoms with Crippen LogP contribution in [0.3, 0.4) is 0 Å². The first-order chi connectivity index (χ1) is 15.3. The molecule has 3 aromatic rings. The Kier molecular flexibility index (Phi) is 6.20. The number of nitrogens with zero attached hydrogens (tertiary/aromatic N) is 3. The number of piperazine rings is 1. The summed E-state index contributed by atoms with van der Waals surface area (Å²) in [6.45, 7) is 3.47. The van der Waals surface area contributed by atoms with E-state index < -0.39 is 10.1 Å². The first-order valence-electron chi connectivity index (χ1n) is 10.2. The van der Waals surface area contributed by atoms with Gasteiger partial charge in [0.2, 0.25) is 0 Å². The lowest BCUT2D eigenvalue weighted by Gasteiger charge is -2.36. The van der Waals surface area contributed by atoms with E-state index in [0.29, 0.717) is 23.5 Å². The fraction of sp³-hybridized carbons (Fsp3) is 0.261. The number of hydrogen-bond donors (Lipinski definition) is 2. The van der Waals surface area contributed by atoms with Gasteiger partial charge in [0.05, 0.1) is 23.3 Å². The van der Waals surface area contributed by atoms with Crippen LogP contribution < -0.4 is 9.08 Å². The van der Waals surface area contributed by atoms with Crippen LogP contribution in [0.2, 0.25) is 0 Å². The Bertz CT molecular complexity index is 1210. The van der Waals surface area contributed by atoms with Gasteiger partial charge in [-0.05, 0) is 24.3 Å². The zero-order chi connectivity index (χ0) is 22.7. The molecule has 1 aromatic heterocycles. The predicted octanol–water partition coefficient (Wildman–Crippen LogP) is 2.82. The van der Waals surface area contributed by atoms with Crippen LogP contribution in [0.1, 0.15) is 5.69 Å². The third kappa shape index (κ3) is 5.30. The van der Waals surface area contributed by atoms with Gasteiger partial charge in [-0.25, -0.2) is 0 Å². The van der Waals surface area contributed by atoms with Gasteiger partial charge in [0, 0.05) is 50.4 Å². The van der Waals surface area contributed by atoms with Crippen molar-refractivity contribution in [1.29, 1.82) is 0 Å². The molecule has 1 aliphatic heterocycles. The standard InChI is InChI=1S/C23H25N3O5S/c1-32(29,30)31-18-14-17(24-20(15-18)19-6-2-4-8-22(19)27)16-25-10-12-26(13-11-25)21-7-3-5-9-23(21)28/h2-9,14-15,27-28H,10-13,16H2,1H3. The molecule has 0 bridgehead atoms. The maximum absolute atomic E-state index is 11.7. The van der Waals surface area contributed by atoms with E-state index in [2.05, 4.69) is 14.8 Å². The van der Waals surface area contributed by atoms with Crippen molar-refractivity contribution in [2.45, 2.75) is 6.54 Å². The van der Waals surface area contributed by atoms with Crippen molar-refractivity contribution in [2.24, 2.45) is 0 Å². The fourth-order valence-electron chi connectivity index (χ4n) is 3.80. The quantitative estimate of drug-likeness (QED) is 0.547. The predicted molar refractivity (Wildman–Crippen MR) is 122 cm³/mol. The summed E-state index contributed by atoms with van der Waals surface area (Å²) in [5.74, 6) is 0.475. The van der Waals surface area contributed by atoms with Crippen molar-refractivity contribution < 1.29 is 22.8 Å². The van der Waals surface area contributed by atoms with E-state index in [1.165, 1.54) is 6.07 Å². The average Bonchev–Trinajstić information content (AvgIpc) is 2.74. The van der Waals surface area contributed by atoms with E-state index >= 15 is 0 Å². The molecular formula is C23H25N3O5S. The molecule has 168 valence electrons. The largest absolute Gasteiger partial charge is 0.507 e. The van der Waals surface area contributed by atoms with E-state index in [9.17, 15) is 18.6 Å². The minimum atomic E-state index is -3.71. The lowest BCUT2D eigenvalue weighted by atomic mass is 10.1. The molecule has 0 saturated carbocycles. The lowest BCUT2D eigenvalue weighted by Crippen LogP contribution is -2.46. The Balaban J connectivity index is 1.54. The third-order valence-electron chi connectivity index (χ3n) is 5.26. The zero-order valence-electron chi connectivity index (χ0n) is 17.7. The Morgan fingerprint density at radius 2 is 1.59 bits per heavy atom. The van der Waals surface area contributed by atoms with Crippen LogP contribution in [0, 0.1) is 0 Å². The highest BCUT2D eigenvalue weighted by Crippen LogP contribution is 2.31. The number of hydrogen-bond acceptors (Lipinski definition) is 8. The van der Waals surface area contributed by atoms with Gasteiger partial charge in [0.25, 0.3) is 0 Å². The number of phenols is 2. The molecule has 1 fully saturated rings. The molecule has 0 unspecified atom stereocenters. The minimum Gasteiger partial charge on any atom is -0.507 e. The second kappa shape index (κ2) is 9.05. The lowest BCUT2D eigenvalue weighted by molar-refractivity contribution is 0.246. The molecule has 2 N–H and O–H groups in total. The summed E-state index contributed by atoms with van der Waals surface area (Å²) in [6, 6.07) is 17.2. The van der Waals surface area contributed by atoms with Gasteiger partial charge in [0.15, 0.2) is 0 Å². The van der Waals surface area contributed by atoms with Gasteiger partial charge in [0.1, 0.15) is 17.2 Å². The number of aromatic hydroxyl groups is 2. The molecule has 0 radical (unpaired) electrons. The molecule has 9 heteroatoms. The van der Waals surface area contributed by atoms with Gasteiger partial charge in [-0.3, -0.25) is 9.88 Å². The Hall–Kier alpha value is -3.30. The van der Waals surface area contributed by atoms with Crippen molar-refractivity contribution >= 4 is 15.8 Å². The second-order valence-corrected chi connectivity index (χ2v) is 9.31. The normalized spacial score (nSPS) is 15.0. The Labute approximate surface area is 187 Å². The summed E-state index contributed by atoms with van der Waals surface area (Å²) >= 11 is 0.